The molecule has 0 spiro atoms. The van der Waals surface area contributed by atoms with E-state index in [1.165, 1.54) is 6.07 Å². The second-order valence-electron chi connectivity index (χ2n) is 2.36. The van der Waals surface area contributed by atoms with Crippen molar-refractivity contribution >= 4 is 17.5 Å². The summed E-state index contributed by atoms with van der Waals surface area (Å²) < 4.78 is 0. The molecule has 0 aliphatic heterocycles. The van der Waals surface area contributed by atoms with Crippen molar-refractivity contribution in [1.82, 2.24) is 0 Å². The zero-order valence-corrected chi connectivity index (χ0v) is 7.13. The van der Waals surface area contributed by atoms with Gasteiger partial charge in [0.2, 0.25) is 0 Å². The Morgan fingerprint density at radius 1 is 1.50 bits per heavy atom. The van der Waals surface area contributed by atoms with Crippen molar-refractivity contribution in [3.05, 3.63) is 39.3 Å². The van der Waals surface area contributed by atoms with E-state index < -0.39 is 5.91 Å². The molecule has 3 nitrogen and oxygen atoms in total. The van der Waals surface area contributed by atoms with Gasteiger partial charge in [-0.05, 0) is 30.7 Å². The van der Waals surface area contributed by atoms with Gasteiger partial charge in [-0.25, -0.2) is 0 Å². The maximum atomic E-state index is 10.8. The van der Waals surface area contributed by atoms with E-state index in [4.69, 9.17) is 11.6 Å². The molecule has 1 rings (SSSR count). The zero-order valence-electron chi connectivity index (χ0n) is 6.37. The lowest BCUT2D eigenvalue weighted by Gasteiger charge is -1.98. The van der Waals surface area contributed by atoms with Crippen LogP contribution in [-0.4, -0.2) is 5.91 Å². The molecule has 0 saturated heterocycles. The maximum Gasteiger partial charge on any atom is 0.317 e. The second kappa shape index (κ2) is 3.45. The summed E-state index contributed by atoms with van der Waals surface area (Å²) in [6, 6.07) is 4.65. The quantitative estimate of drug-likeness (QED) is 0.629. The minimum absolute atomic E-state index is 0.300. The number of benzene rings is 1. The van der Waals surface area contributed by atoms with Crippen molar-refractivity contribution in [2.75, 3.05) is 0 Å². The minimum atomic E-state index is -0.760. The molecule has 1 aromatic rings. The lowest BCUT2D eigenvalue weighted by Crippen LogP contribution is -1.96. The molecule has 0 heterocycles. The van der Waals surface area contributed by atoms with Crippen LogP contribution in [0.4, 0.5) is 0 Å². The number of aryl methyl sites for hydroxylation is 1. The van der Waals surface area contributed by atoms with Crippen molar-refractivity contribution in [3.63, 3.8) is 0 Å². The lowest BCUT2D eigenvalue weighted by molar-refractivity contribution is 0.1000. The van der Waals surface area contributed by atoms with Gasteiger partial charge < -0.3 is 0 Å². The Kier molecular flexibility index (Phi) is 2.55. The lowest BCUT2D eigenvalue weighted by atomic mass is 10.1. The van der Waals surface area contributed by atoms with Crippen LogP contribution in [-0.2, 0) is 0 Å². The minimum Gasteiger partial charge on any atom is -0.263 e. The van der Waals surface area contributed by atoms with Gasteiger partial charge in [0.1, 0.15) is 0 Å². The molecule has 1 aromatic carbocycles. The fraction of sp³-hybridized carbons (Fsp3) is 0.125. The molecule has 1 amide bonds. The first kappa shape index (κ1) is 8.87. The largest absolute Gasteiger partial charge is 0.317 e. The van der Waals surface area contributed by atoms with Gasteiger partial charge >= 0.3 is 5.91 Å². The monoisotopic (exact) mass is 183 g/mol. The number of hydrogen-bond donors (Lipinski definition) is 0. The van der Waals surface area contributed by atoms with Crippen molar-refractivity contribution in [2.24, 2.45) is 5.18 Å². The molecule has 0 unspecified atom stereocenters. The summed E-state index contributed by atoms with van der Waals surface area (Å²) in [7, 11) is 0. The number of carbonyl (C=O) groups is 1. The third-order valence-corrected chi connectivity index (χ3v) is 1.74. The number of halogens is 1. The predicted molar refractivity (Wildman–Crippen MR) is 46.3 cm³/mol. The van der Waals surface area contributed by atoms with Crippen LogP contribution in [0.25, 0.3) is 0 Å². The molecule has 0 aromatic heterocycles. The fourth-order valence-electron chi connectivity index (χ4n) is 0.916. The number of rotatable bonds is 1. The molecular formula is C8H6ClNO2. The number of hydrogen-bond acceptors (Lipinski definition) is 2. The van der Waals surface area contributed by atoms with Gasteiger partial charge in [0.05, 0.1) is 0 Å². The van der Waals surface area contributed by atoms with Gasteiger partial charge in [0, 0.05) is 15.8 Å². The number of carbonyl (C=O) groups excluding carboxylic acids is 1. The summed E-state index contributed by atoms with van der Waals surface area (Å²) in [4.78, 5) is 20.7. The predicted octanol–water partition coefficient (Wildman–Crippen LogP) is 2.56. The van der Waals surface area contributed by atoms with Crippen LogP contribution < -0.4 is 0 Å². The Labute approximate surface area is 74.3 Å². The smallest absolute Gasteiger partial charge is 0.263 e. The molecule has 0 saturated carbocycles. The molecule has 12 heavy (non-hydrogen) atoms. The van der Waals surface area contributed by atoms with Crippen molar-refractivity contribution in [1.29, 1.82) is 0 Å². The molecule has 62 valence electrons. The highest BCUT2D eigenvalue weighted by molar-refractivity contribution is 6.30. The maximum absolute atomic E-state index is 10.8. The SMILES string of the molecule is Cc1cc(Cl)ccc1C(=O)N=O. The molecule has 0 fully saturated rings. The van der Waals surface area contributed by atoms with Gasteiger partial charge in [0.15, 0.2) is 0 Å². The Morgan fingerprint density at radius 2 is 2.17 bits per heavy atom. The summed E-state index contributed by atoms with van der Waals surface area (Å²) >= 11 is 5.64. The van der Waals surface area contributed by atoms with Gasteiger partial charge in [0.25, 0.3) is 0 Å². The van der Waals surface area contributed by atoms with Crippen LogP contribution in [0, 0.1) is 11.8 Å². The van der Waals surface area contributed by atoms with Crippen LogP contribution >= 0.6 is 11.6 Å². The molecule has 0 aliphatic rings. The first-order valence-corrected chi connectivity index (χ1v) is 3.67. The standard InChI is InChI=1S/C8H6ClNO2/c1-5-4-6(9)2-3-7(5)8(11)10-12/h2-4H,1H3. The van der Waals surface area contributed by atoms with Crippen molar-refractivity contribution < 1.29 is 4.79 Å². The third-order valence-electron chi connectivity index (χ3n) is 1.50. The molecule has 0 aliphatic carbocycles. The topological polar surface area (TPSA) is 46.5 Å². The van der Waals surface area contributed by atoms with E-state index in [1.807, 2.05) is 0 Å². The Morgan fingerprint density at radius 3 is 2.67 bits per heavy atom. The Bertz CT molecular complexity index is 336. The molecule has 0 bridgehead atoms. The van der Waals surface area contributed by atoms with Crippen LogP contribution in [0.3, 0.4) is 0 Å². The Balaban J connectivity index is 3.18. The van der Waals surface area contributed by atoms with Crippen LogP contribution in [0.15, 0.2) is 23.4 Å². The summed E-state index contributed by atoms with van der Waals surface area (Å²) in [6.07, 6.45) is 0. The van der Waals surface area contributed by atoms with Gasteiger partial charge in [-0.2, -0.15) is 0 Å². The van der Waals surface area contributed by atoms with Crippen molar-refractivity contribution in [2.45, 2.75) is 6.92 Å². The van der Waals surface area contributed by atoms with E-state index in [2.05, 4.69) is 5.18 Å². The molecule has 0 N–H and O–H groups in total. The average molecular weight is 184 g/mol. The van der Waals surface area contributed by atoms with E-state index in [9.17, 15) is 9.70 Å². The summed E-state index contributed by atoms with van der Waals surface area (Å²) in [5, 5.41) is 2.85. The average Bonchev–Trinajstić information content (AvgIpc) is 2.03. The van der Waals surface area contributed by atoms with E-state index in [1.54, 1.807) is 19.1 Å². The summed E-state index contributed by atoms with van der Waals surface area (Å²) in [5.41, 5.74) is 0.960. The van der Waals surface area contributed by atoms with Gasteiger partial charge in [-0.15, -0.1) is 4.91 Å². The molecule has 0 atom stereocenters. The first-order valence-electron chi connectivity index (χ1n) is 3.29. The van der Waals surface area contributed by atoms with E-state index in [0.717, 1.165) is 0 Å². The van der Waals surface area contributed by atoms with Gasteiger partial charge in [-0.1, -0.05) is 11.6 Å². The number of nitroso groups, excluding NO2 is 1. The van der Waals surface area contributed by atoms with Crippen LogP contribution in [0.5, 0.6) is 0 Å². The van der Waals surface area contributed by atoms with Gasteiger partial charge in [-0.3, -0.25) is 4.79 Å². The van der Waals surface area contributed by atoms with E-state index in [0.29, 0.717) is 16.1 Å². The summed E-state index contributed by atoms with van der Waals surface area (Å²) in [5.74, 6) is -0.760. The Hall–Kier alpha value is -1.22. The second-order valence-corrected chi connectivity index (χ2v) is 2.79. The van der Waals surface area contributed by atoms with E-state index >= 15 is 0 Å². The highest BCUT2D eigenvalue weighted by Gasteiger charge is 2.08. The molecule has 4 heteroatoms. The van der Waals surface area contributed by atoms with Crippen molar-refractivity contribution in [3.8, 4) is 0 Å². The first-order chi connectivity index (χ1) is 5.65. The summed E-state index contributed by atoms with van der Waals surface area (Å²) in [6.45, 7) is 1.70. The molecular weight excluding hydrogens is 178 g/mol. The third kappa shape index (κ3) is 1.68. The number of nitrogens with zero attached hydrogens (tertiary/aromatic N) is 1. The number of amides is 1. The van der Waals surface area contributed by atoms with Crippen LogP contribution in [0.2, 0.25) is 5.02 Å². The highest BCUT2D eigenvalue weighted by atomic mass is 35.5. The van der Waals surface area contributed by atoms with Crippen LogP contribution in [0.1, 0.15) is 15.9 Å². The normalized spacial score (nSPS) is 9.50. The fourth-order valence-corrected chi connectivity index (χ4v) is 1.14. The molecule has 0 radical (unpaired) electrons. The highest BCUT2D eigenvalue weighted by Crippen LogP contribution is 2.15. The van der Waals surface area contributed by atoms with E-state index in [-0.39, 0.29) is 0 Å². The zero-order chi connectivity index (χ0) is 9.14.